The first-order valence-corrected chi connectivity index (χ1v) is 10.7. The Morgan fingerprint density at radius 1 is 0.903 bits per heavy atom. The molecule has 0 bridgehead atoms. The van der Waals surface area contributed by atoms with Gasteiger partial charge in [0.15, 0.2) is 0 Å². The fraction of sp³-hybridized carbons (Fsp3) is 0.269. The molecule has 0 aliphatic carbocycles. The van der Waals surface area contributed by atoms with Gasteiger partial charge in [0.1, 0.15) is 6.04 Å². The molecule has 0 spiro atoms. The quantitative estimate of drug-likeness (QED) is 0.541. The van der Waals surface area contributed by atoms with Crippen molar-refractivity contribution in [2.45, 2.75) is 45.3 Å². The number of hydrogen-bond donors (Lipinski definition) is 1. The maximum absolute atomic E-state index is 13.3. The maximum Gasteiger partial charge on any atom is 0.243 e. The Bertz CT molecular complexity index is 946. The van der Waals surface area contributed by atoms with Crippen molar-refractivity contribution in [1.82, 2.24) is 15.2 Å². The van der Waals surface area contributed by atoms with E-state index in [-0.39, 0.29) is 11.8 Å². The van der Waals surface area contributed by atoms with Crippen LogP contribution in [0.1, 0.15) is 36.6 Å². The summed E-state index contributed by atoms with van der Waals surface area (Å²) in [4.78, 5) is 32.4. The van der Waals surface area contributed by atoms with Crippen molar-refractivity contribution < 1.29 is 9.59 Å². The van der Waals surface area contributed by atoms with Gasteiger partial charge in [-0.15, -0.1) is 0 Å². The molecule has 1 unspecified atom stereocenters. The number of pyridine rings is 1. The first-order chi connectivity index (χ1) is 15.2. The highest BCUT2D eigenvalue weighted by Crippen LogP contribution is 2.16. The van der Waals surface area contributed by atoms with Crippen LogP contribution in [0.5, 0.6) is 0 Å². The van der Waals surface area contributed by atoms with E-state index in [9.17, 15) is 9.59 Å². The molecule has 5 heteroatoms. The summed E-state index contributed by atoms with van der Waals surface area (Å²) in [5.74, 6) is -0.185. The summed E-state index contributed by atoms with van der Waals surface area (Å²) in [6, 6.07) is 24.6. The van der Waals surface area contributed by atoms with Gasteiger partial charge in [-0.3, -0.25) is 14.6 Å². The number of carbonyl (C=O) groups excluding carboxylic acids is 2. The lowest BCUT2D eigenvalue weighted by atomic mass is 10.0. The van der Waals surface area contributed by atoms with E-state index in [0.717, 1.165) is 23.2 Å². The number of nitrogens with one attached hydrogen (secondary N) is 1. The number of hydrogen-bond acceptors (Lipinski definition) is 3. The molecule has 1 heterocycles. The maximum atomic E-state index is 13.3. The van der Waals surface area contributed by atoms with Gasteiger partial charge in [-0.1, -0.05) is 73.7 Å². The van der Waals surface area contributed by atoms with E-state index in [1.54, 1.807) is 11.1 Å². The lowest BCUT2D eigenvalue weighted by Crippen LogP contribution is -2.50. The highest BCUT2D eigenvalue weighted by molar-refractivity contribution is 5.88. The van der Waals surface area contributed by atoms with Crippen LogP contribution in [0.2, 0.25) is 0 Å². The van der Waals surface area contributed by atoms with Crippen molar-refractivity contribution in [3.8, 4) is 0 Å². The molecule has 1 aromatic heterocycles. The Morgan fingerprint density at radius 2 is 1.55 bits per heavy atom. The van der Waals surface area contributed by atoms with Gasteiger partial charge in [0.2, 0.25) is 11.8 Å². The highest BCUT2D eigenvalue weighted by atomic mass is 16.2. The predicted octanol–water partition coefficient (Wildman–Crippen LogP) is 4.14. The molecule has 160 valence electrons. The molecule has 3 rings (SSSR count). The standard InChI is InChI=1S/C26H29N3O2/c1-2-11-25(30)29(20-22-14-7-4-8-15-22)24(18-21-12-5-3-6-13-21)26(31)28-19-23-16-9-10-17-27-23/h3-10,12-17,24H,2,11,18-20H2,1H3,(H,28,31). The monoisotopic (exact) mass is 415 g/mol. The summed E-state index contributed by atoms with van der Waals surface area (Å²) in [6.07, 6.45) is 3.30. The van der Waals surface area contributed by atoms with Crippen molar-refractivity contribution in [1.29, 1.82) is 0 Å². The molecule has 0 aliphatic heterocycles. The summed E-state index contributed by atoms with van der Waals surface area (Å²) in [6.45, 7) is 2.70. The Kier molecular flexibility index (Phi) is 8.35. The van der Waals surface area contributed by atoms with Gasteiger partial charge in [-0.25, -0.2) is 0 Å². The summed E-state index contributed by atoms with van der Waals surface area (Å²) < 4.78 is 0. The van der Waals surface area contributed by atoms with E-state index in [1.807, 2.05) is 85.8 Å². The first kappa shape index (κ1) is 22.2. The number of amides is 2. The zero-order chi connectivity index (χ0) is 21.9. The number of carbonyl (C=O) groups is 2. The minimum atomic E-state index is -0.606. The highest BCUT2D eigenvalue weighted by Gasteiger charge is 2.29. The van der Waals surface area contributed by atoms with E-state index in [2.05, 4.69) is 10.3 Å². The Hall–Kier alpha value is -3.47. The second kappa shape index (κ2) is 11.6. The molecule has 0 radical (unpaired) electrons. The summed E-state index contributed by atoms with van der Waals surface area (Å²) in [5.41, 5.74) is 2.80. The largest absolute Gasteiger partial charge is 0.349 e. The third-order valence-electron chi connectivity index (χ3n) is 5.10. The van der Waals surface area contributed by atoms with E-state index in [4.69, 9.17) is 0 Å². The molecule has 0 aliphatic rings. The van der Waals surface area contributed by atoms with Gasteiger partial charge in [0.05, 0.1) is 12.2 Å². The van der Waals surface area contributed by atoms with Gasteiger partial charge in [0, 0.05) is 25.6 Å². The second-order valence-electron chi connectivity index (χ2n) is 7.50. The minimum absolute atomic E-state index is 0.0136. The molecule has 3 aromatic rings. The first-order valence-electron chi connectivity index (χ1n) is 10.7. The van der Waals surface area contributed by atoms with E-state index in [0.29, 0.717) is 25.9 Å². The Morgan fingerprint density at radius 3 is 2.16 bits per heavy atom. The summed E-state index contributed by atoms with van der Waals surface area (Å²) >= 11 is 0. The molecule has 2 aromatic carbocycles. The van der Waals surface area contributed by atoms with Crippen LogP contribution in [0.25, 0.3) is 0 Å². The van der Waals surface area contributed by atoms with E-state index in [1.165, 1.54) is 0 Å². The van der Waals surface area contributed by atoms with Crippen molar-refractivity contribution in [3.05, 3.63) is 102 Å². The average molecular weight is 416 g/mol. The van der Waals surface area contributed by atoms with Crippen LogP contribution in [0.15, 0.2) is 85.1 Å². The molecular weight excluding hydrogens is 386 g/mol. The van der Waals surface area contributed by atoms with Crippen LogP contribution in [-0.2, 0) is 29.1 Å². The van der Waals surface area contributed by atoms with Crippen LogP contribution < -0.4 is 5.32 Å². The molecule has 0 saturated carbocycles. The van der Waals surface area contributed by atoms with Gasteiger partial charge >= 0.3 is 0 Å². The third kappa shape index (κ3) is 6.78. The van der Waals surface area contributed by atoms with Crippen LogP contribution in [0.3, 0.4) is 0 Å². The molecular formula is C26H29N3O2. The lowest BCUT2D eigenvalue weighted by molar-refractivity contribution is -0.141. The Labute approximate surface area is 184 Å². The average Bonchev–Trinajstić information content (AvgIpc) is 2.82. The van der Waals surface area contributed by atoms with Crippen molar-refractivity contribution in [3.63, 3.8) is 0 Å². The third-order valence-corrected chi connectivity index (χ3v) is 5.10. The van der Waals surface area contributed by atoms with Gasteiger partial charge < -0.3 is 10.2 Å². The summed E-state index contributed by atoms with van der Waals surface area (Å²) in [5, 5.41) is 2.99. The fourth-order valence-corrected chi connectivity index (χ4v) is 3.49. The number of aromatic nitrogens is 1. The SMILES string of the molecule is CCCC(=O)N(Cc1ccccc1)C(Cc1ccccc1)C(=O)NCc1ccccn1. The van der Waals surface area contributed by atoms with Crippen LogP contribution >= 0.6 is 0 Å². The normalized spacial score (nSPS) is 11.5. The Balaban J connectivity index is 1.86. The minimum Gasteiger partial charge on any atom is -0.349 e. The summed E-state index contributed by atoms with van der Waals surface area (Å²) in [7, 11) is 0. The molecule has 31 heavy (non-hydrogen) atoms. The zero-order valence-corrected chi connectivity index (χ0v) is 17.9. The topological polar surface area (TPSA) is 62.3 Å². The molecule has 5 nitrogen and oxygen atoms in total. The second-order valence-corrected chi connectivity index (χ2v) is 7.50. The van der Waals surface area contributed by atoms with Crippen molar-refractivity contribution in [2.75, 3.05) is 0 Å². The fourth-order valence-electron chi connectivity index (χ4n) is 3.49. The smallest absolute Gasteiger partial charge is 0.243 e. The predicted molar refractivity (Wildman–Crippen MR) is 122 cm³/mol. The van der Waals surface area contributed by atoms with Crippen molar-refractivity contribution in [2.24, 2.45) is 0 Å². The van der Waals surface area contributed by atoms with Gasteiger partial charge in [0.25, 0.3) is 0 Å². The number of nitrogens with zero attached hydrogens (tertiary/aromatic N) is 2. The van der Waals surface area contributed by atoms with Gasteiger partial charge in [-0.2, -0.15) is 0 Å². The van der Waals surface area contributed by atoms with Crippen LogP contribution in [-0.4, -0.2) is 27.7 Å². The molecule has 0 saturated heterocycles. The van der Waals surface area contributed by atoms with Crippen LogP contribution in [0, 0.1) is 0 Å². The van der Waals surface area contributed by atoms with Crippen LogP contribution in [0.4, 0.5) is 0 Å². The van der Waals surface area contributed by atoms with Gasteiger partial charge in [-0.05, 0) is 29.7 Å². The van der Waals surface area contributed by atoms with Crippen molar-refractivity contribution >= 4 is 11.8 Å². The number of benzene rings is 2. The van der Waals surface area contributed by atoms with E-state index < -0.39 is 6.04 Å². The molecule has 1 atom stereocenters. The molecule has 1 N–H and O–H groups in total. The van der Waals surface area contributed by atoms with E-state index >= 15 is 0 Å². The molecule has 2 amide bonds. The zero-order valence-electron chi connectivity index (χ0n) is 17.9. The lowest BCUT2D eigenvalue weighted by Gasteiger charge is -2.31. The molecule has 0 fully saturated rings. The number of rotatable bonds is 10.